The van der Waals surface area contributed by atoms with Gasteiger partial charge >= 0.3 is 0 Å². The van der Waals surface area contributed by atoms with Gasteiger partial charge in [0.05, 0.1) is 13.7 Å². The molecule has 0 aliphatic carbocycles. The molecule has 0 saturated heterocycles. The predicted octanol–water partition coefficient (Wildman–Crippen LogP) is 4.11. The van der Waals surface area contributed by atoms with E-state index >= 15 is 0 Å². The third-order valence-corrected chi connectivity index (χ3v) is 2.97. The lowest BCUT2D eigenvalue weighted by atomic mass is 10.2. The average Bonchev–Trinajstić information content (AvgIpc) is 2.43. The summed E-state index contributed by atoms with van der Waals surface area (Å²) in [5.41, 5.74) is 1.62. The van der Waals surface area contributed by atoms with E-state index in [-0.39, 0.29) is 5.82 Å². The maximum atomic E-state index is 13.0. The minimum absolute atomic E-state index is 0.324. The molecule has 0 aliphatic heterocycles. The Morgan fingerprint density at radius 1 is 1.21 bits per heavy atom. The minimum atomic E-state index is -0.324. The molecule has 0 aromatic heterocycles. The Bertz CT molecular complexity index is 581. The minimum Gasteiger partial charge on any atom is -0.497 e. The van der Waals surface area contributed by atoms with Crippen LogP contribution in [0.5, 0.6) is 5.75 Å². The number of methoxy groups -OCH3 is 1. The van der Waals surface area contributed by atoms with Crippen LogP contribution in [0.15, 0.2) is 47.5 Å². The summed E-state index contributed by atoms with van der Waals surface area (Å²) in [6, 6.07) is 11.8. The molecule has 0 aliphatic rings. The first kappa shape index (κ1) is 13.6. The Kier molecular flexibility index (Phi) is 4.53. The van der Waals surface area contributed by atoms with Gasteiger partial charge in [0, 0.05) is 16.8 Å². The van der Waals surface area contributed by atoms with Crippen LogP contribution < -0.4 is 4.74 Å². The molecule has 19 heavy (non-hydrogen) atoms. The lowest BCUT2D eigenvalue weighted by molar-refractivity contribution is 0.414. The second-order valence-electron chi connectivity index (χ2n) is 3.98. The molecule has 4 heteroatoms. The summed E-state index contributed by atoms with van der Waals surface area (Å²) in [6.45, 7) is 0.511. The number of rotatable bonds is 4. The summed E-state index contributed by atoms with van der Waals surface area (Å²) in [5, 5.41) is 0.486. The van der Waals surface area contributed by atoms with Crippen molar-refractivity contribution in [2.45, 2.75) is 6.54 Å². The number of halogens is 2. The Labute approximate surface area is 116 Å². The van der Waals surface area contributed by atoms with E-state index in [0.29, 0.717) is 17.1 Å². The van der Waals surface area contributed by atoms with E-state index in [1.165, 1.54) is 18.2 Å². The lowest BCUT2D eigenvalue weighted by Gasteiger charge is -2.01. The summed E-state index contributed by atoms with van der Waals surface area (Å²) in [6.07, 6.45) is 1.58. The van der Waals surface area contributed by atoms with Crippen molar-refractivity contribution in [2.24, 2.45) is 4.99 Å². The highest BCUT2D eigenvalue weighted by Gasteiger charge is 1.99. The summed E-state index contributed by atoms with van der Waals surface area (Å²) in [5.74, 6) is 0.483. The van der Waals surface area contributed by atoms with Gasteiger partial charge in [-0.25, -0.2) is 4.39 Å². The molecule has 0 saturated carbocycles. The van der Waals surface area contributed by atoms with E-state index in [2.05, 4.69) is 4.99 Å². The molecule has 0 unspecified atom stereocenters. The molecular weight excluding hydrogens is 265 g/mol. The SMILES string of the molecule is COc1ccc(C/N=C/c2cc(F)ccc2Cl)cc1. The highest BCUT2D eigenvalue weighted by atomic mass is 35.5. The van der Waals surface area contributed by atoms with Gasteiger partial charge in [-0.05, 0) is 35.9 Å². The maximum Gasteiger partial charge on any atom is 0.123 e. The van der Waals surface area contributed by atoms with E-state index < -0.39 is 0 Å². The third kappa shape index (κ3) is 3.80. The molecule has 2 rings (SSSR count). The first-order valence-corrected chi connectivity index (χ1v) is 6.14. The summed E-state index contributed by atoms with van der Waals surface area (Å²) < 4.78 is 18.1. The van der Waals surface area contributed by atoms with Crippen LogP contribution in [0, 0.1) is 5.82 Å². The van der Waals surface area contributed by atoms with Gasteiger partial charge in [0.25, 0.3) is 0 Å². The number of ether oxygens (including phenoxy) is 1. The average molecular weight is 278 g/mol. The molecule has 2 aromatic carbocycles. The quantitative estimate of drug-likeness (QED) is 0.771. The van der Waals surface area contributed by atoms with Crippen molar-refractivity contribution in [1.82, 2.24) is 0 Å². The fourth-order valence-corrected chi connectivity index (χ4v) is 1.76. The van der Waals surface area contributed by atoms with Crippen molar-refractivity contribution in [2.75, 3.05) is 7.11 Å². The zero-order valence-corrected chi connectivity index (χ0v) is 11.2. The van der Waals surface area contributed by atoms with Gasteiger partial charge in [0.15, 0.2) is 0 Å². The second-order valence-corrected chi connectivity index (χ2v) is 4.39. The van der Waals surface area contributed by atoms with Crippen LogP contribution in [0.1, 0.15) is 11.1 Å². The first-order valence-electron chi connectivity index (χ1n) is 5.77. The fourth-order valence-electron chi connectivity index (χ4n) is 1.59. The second kappa shape index (κ2) is 6.34. The smallest absolute Gasteiger partial charge is 0.123 e. The molecule has 0 bridgehead atoms. The number of aliphatic imine (C=N–C) groups is 1. The summed E-state index contributed by atoms with van der Waals surface area (Å²) >= 11 is 5.94. The number of hydrogen-bond donors (Lipinski definition) is 0. The van der Waals surface area contributed by atoms with Gasteiger partial charge in [-0.2, -0.15) is 0 Å². The van der Waals surface area contributed by atoms with Crippen molar-refractivity contribution in [1.29, 1.82) is 0 Å². The van der Waals surface area contributed by atoms with Crippen molar-refractivity contribution in [3.63, 3.8) is 0 Å². The molecular formula is C15H13ClFNO. The molecule has 0 N–H and O–H groups in total. The van der Waals surface area contributed by atoms with E-state index in [4.69, 9.17) is 16.3 Å². The number of nitrogens with zero attached hydrogens (tertiary/aromatic N) is 1. The van der Waals surface area contributed by atoms with Crippen LogP contribution in [0.2, 0.25) is 5.02 Å². The van der Waals surface area contributed by atoms with Gasteiger partial charge in [0.1, 0.15) is 11.6 Å². The molecule has 0 radical (unpaired) electrons. The van der Waals surface area contributed by atoms with Gasteiger partial charge < -0.3 is 4.74 Å². The Morgan fingerprint density at radius 2 is 1.95 bits per heavy atom. The highest BCUT2D eigenvalue weighted by molar-refractivity contribution is 6.33. The predicted molar refractivity (Wildman–Crippen MR) is 75.7 cm³/mol. The molecule has 0 fully saturated rings. The third-order valence-electron chi connectivity index (χ3n) is 2.62. The van der Waals surface area contributed by atoms with E-state index in [1.807, 2.05) is 24.3 Å². The van der Waals surface area contributed by atoms with Gasteiger partial charge in [-0.1, -0.05) is 23.7 Å². The van der Waals surface area contributed by atoms with E-state index in [0.717, 1.165) is 11.3 Å². The maximum absolute atomic E-state index is 13.0. The van der Waals surface area contributed by atoms with Crippen LogP contribution in [-0.2, 0) is 6.54 Å². The zero-order chi connectivity index (χ0) is 13.7. The Hall–Kier alpha value is -1.87. The summed E-state index contributed by atoms with van der Waals surface area (Å²) in [7, 11) is 1.62. The fraction of sp³-hybridized carbons (Fsp3) is 0.133. The topological polar surface area (TPSA) is 21.6 Å². The standard InChI is InChI=1S/C15H13ClFNO/c1-19-14-5-2-11(3-6-14)9-18-10-12-8-13(17)4-7-15(12)16/h2-8,10H,9H2,1H3/b18-10+. The lowest BCUT2D eigenvalue weighted by Crippen LogP contribution is -1.88. The molecule has 2 nitrogen and oxygen atoms in total. The van der Waals surface area contributed by atoms with E-state index in [1.54, 1.807) is 13.3 Å². The van der Waals surface area contributed by atoms with Crippen molar-refractivity contribution >= 4 is 17.8 Å². The van der Waals surface area contributed by atoms with Gasteiger partial charge in [-0.15, -0.1) is 0 Å². The normalized spacial score (nSPS) is 10.9. The van der Waals surface area contributed by atoms with Crippen molar-refractivity contribution in [3.05, 3.63) is 64.4 Å². The number of hydrogen-bond acceptors (Lipinski definition) is 2. The van der Waals surface area contributed by atoms with Crippen molar-refractivity contribution < 1.29 is 9.13 Å². The zero-order valence-electron chi connectivity index (χ0n) is 10.4. The largest absolute Gasteiger partial charge is 0.497 e. The van der Waals surface area contributed by atoms with E-state index in [9.17, 15) is 4.39 Å². The van der Waals surface area contributed by atoms with Crippen LogP contribution in [-0.4, -0.2) is 13.3 Å². The Balaban J connectivity index is 2.04. The first-order chi connectivity index (χ1) is 9.19. The van der Waals surface area contributed by atoms with Gasteiger partial charge in [0.2, 0.25) is 0 Å². The molecule has 0 spiro atoms. The molecule has 0 amide bonds. The Morgan fingerprint density at radius 3 is 2.63 bits per heavy atom. The van der Waals surface area contributed by atoms with Crippen molar-refractivity contribution in [3.8, 4) is 5.75 Å². The van der Waals surface area contributed by atoms with Crippen LogP contribution in [0.4, 0.5) is 4.39 Å². The summed E-state index contributed by atoms with van der Waals surface area (Å²) in [4.78, 5) is 4.25. The molecule has 2 aromatic rings. The highest BCUT2D eigenvalue weighted by Crippen LogP contribution is 2.16. The number of benzene rings is 2. The van der Waals surface area contributed by atoms with Crippen LogP contribution in [0.25, 0.3) is 0 Å². The monoisotopic (exact) mass is 277 g/mol. The van der Waals surface area contributed by atoms with Crippen LogP contribution in [0.3, 0.4) is 0 Å². The molecule has 0 heterocycles. The molecule has 98 valence electrons. The van der Waals surface area contributed by atoms with Crippen LogP contribution >= 0.6 is 11.6 Å². The van der Waals surface area contributed by atoms with Gasteiger partial charge in [-0.3, -0.25) is 4.99 Å². The molecule has 0 atom stereocenters.